The minimum atomic E-state index is -1.00. The monoisotopic (exact) mass is 502 g/mol. The minimum absolute atomic E-state index is 0.246. The molecule has 6 rings (SSSR count). The van der Waals surface area contributed by atoms with Crippen molar-refractivity contribution in [3.8, 4) is 22.8 Å². The van der Waals surface area contributed by atoms with E-state index < -0.39 is 5.60 Å². The van der Waals surface area contributed by atoms with E-state index in [2.05, 4.69) is 30.6 Å². The Bertz CT molecular complexity index is 1500. The van der Waals surface area contributed by atoms with Crippen molar-refractivity contribution in [1.29, 1.82) is 0 Å². The predicted molar refractivity (Wildman–Crippen MR) is 137 cm³/mol. The zero-order valence-corrected chi connectivity index (χ0v) is 20.7. The second-order valence-electron chi connectivity index (χ2n) is 9.25. The van der Waals surface area contributed by atoms with Gasteiger partial charge in [-0.2, -0.15) is 5.10 Å². The first-order valence-corrected chi connectivity index (χ1v) is 11.9. The molecule has 1 fully saturated rings. The van der Waals surface area contributed by atoms with Crippen LogP contribution in [0, 0.1) is 0 Å². The van der Waals surface area contributed by atoms with Gasteiger partial charge in [-0.3, -0.25) is 4.79 Å². The predicted octanol–water partition coefficient (Wildman–Crippen LogP) is 2.88. The fraction of sp³-hybridized carbons (Fsp3) is 0.320. The Labute approximate surface area is 212 Å². The summed E-state index contributed by atoms with van der Waals surface area (Å²) < 4.78 is 18.7. The van der Waals surface area contributed by atoms with Crippen molar-refractivity contribution in [2.45, 2.75) is 19.4 Å². The number of hydrogen-bond acceptors (Lipinski definition) is 10. The van der Waals surface area contributed by atoms with E-state index in [1.807, 2.05) is 18.2 Å². The molecule has 0 saturated carbocycles. The molecular weight excluding hydrogens is 476 g/mol. The van der Waals surface area contributed by atoms with Gasteiger partial charge in [0.2, 0.25) is 0 Å². The first-order valence-electron chi connectivity index (χ1n) is 11.9. The Hall–Kier alpha value is -4.45. The summed E-state index contributed by atoms with van der Waals surface area (Å²) in [6, 6.07) is 7.75. The number of carbonyl (C=O) groups excluding carboxylic acids is 1. The molecule has 1 saturated heterocycles. The van der Waals surface area contributed by atoms with Gasteiger partial charge in [-0.15, -0.1) is 0 Å². The van der Waals surface area contributed by atoms with Gasteiger partial charge in [0.05, 0.1) is 37.9 Å². The van der Waals surface area contributed by atoms with E-state index in [-0.39, 0.29) is 5.91 Å². The molecule has 0 radical (unpaired) electrons. The molecule has 0 aliphatic carbocycles. The second-order valence-corrected chi connectivity index (χ2v) is 9.25. The van der Waals surface area contributed by atoms with Crippen molar-refractivity contribution in [2.75, 3.05) is 48.9 Å². The Balaban J connectivity index is 1.34. The first kappa shape index (κ1) is 23.0. The molecule has 0 bridgehead atoms. The van der Waals surface area contributed by atoms with E-state index in [1.54, 1.807) is 43.9 Å². The molecule has 0 unspecified atom stereocenters. The number of methoxy groups -OCH3 is 1. The number of nitrogens with zero attached hydrogens (tertiary/aromatic N) is 6. The average molecular weight is 503 g/mol. The van der Waals surface area contributed by atoms with Crippen molar-refractivity contribution >= 4 is 34.6 Å². The smallest absolute Gasteiger partial charge is 0.269 e. The van der Waals surface area contributed by atoms with Crippen LogP contribution in [0.15, 0.2) is 43.0 Å². The van der Waals surface area contributed by atoms with Crippen LogP contribution in [-0.4, -0.2) is 69.5 Å². The largest absolute Gasteiger partial charge is 0.495 e. The molecule has 12 heteroatoms. The van der Waals surface area contributed by atoms with Crippen molar-refractivity contribution in [1.82, 2.24) is 24.6 Å². The molecule has 0 atom stereocenters. The van der Waals surface area contributed by atoms with Crippen LogP contribution in [0.1, 0.15) is 13.8 Å². The maximum absolute atomic E-state index is 12.2. The Morgan fingerprint density at radius 3 is 2.81 bits per heavy atom. The lowest BCUT2D eigenvalue weighted by Crippen LogP contribution is -2.45. The summed E-state index contributed by atoms with van der Waals surface area (Å²) in [7, 11) is 1.66. The number of aromatic nitrogens is 5. The highest BCUT2D eigenvalue weighted by Crippen LogP contribution is 2.36. The van der Waals surface area contributed by atoms with Crippen LogP contribution in [0.2, 0.25) is 0 Å². The van der Waals surface area contributed by atoms with E-state index in [0.29, 0.717) is 47.5 Å². The maximum atomic E-state index is 12.2. The molecule has 1 aromatic carbocycles. The molecule has 12 nitrogen and oxygen atoms in total. The molecule has 5 heterocycles. The van der Waals surface area contributed by atoms with Crippen molar-refractivity contribution < 1.29 is 19.0 Å². The van der Waals surface area contributed by atoms with Gasteiger partial charge < -0.3 is 29.7 Å². The number of ether oxygens (including phenoxy) is 3. The van der Waals surface area contributed by atoms with E-state index in [4.69, 9.17) is 19.2 Å². The highest BCUT2D eigenvalue weighted by molar-refractivity contribution is 5.99. The number of rotatable bonds is 5. The highest BCUT2D eigenvalue weighted by Gasteiger charge is 2.36. The van der Waals surface area contributed by atoms with E-state index in [9.17, 15) is 4.79 Å². The Kier molecular flexibility index (Phi) is 5.52. The van der Waals surface area contributed by atoms with E-state index in [0.717, 1.165) is 30.2 Å². The van der Waals surface area contributed by atoms with Crippen LogP contribution in [0.25, 0.3) is 16.9 Å². The summed E-state index contributed by atoms with van der Waals surface area (Å²) in [5.41, 5.74) is 2.67. The van der Waals surface area contributed by atoms with Gasteiger partial charge >= 0.3 is 0 Å². The van der Waals surface area contributed by atoms with Gasteiger partial charge in [-0.25, -0.2) is 19.5 Å². The molecule has 2 aliphatic rings. The Morgan fingerprint density at radius 1 is 1.16 bits per heavy atom. The zero-order valence-electron chi connectivity index (χ0n) is 20.7. The molecule has 37 heavy (non-hydrogen) atoms. The number of nitrogens with one attached hydrogen (secondary N) is 2. The topological polar surface area (TPSA) is 128 Å². The molecule has 2 N–H and O–H groups in total. The molecule has 0 spiro atoms. The fourth-order valence-corrected chi connectivity index (χ4v) is 4.35. The number of hydrogen-bond donors (Lipinski definition) is 2. The molecular formula is C25H26N8O4. The quantitative estimate of drug-likeness (QED) is 0.420. The summed E-state index contributed by atoms with van der Waals surface area (Å²) in [5.74, 6) is 1.87. The third kappa shape index (κ3) is 4.25. The standard InChI is InChI=1S/C25H26N8O4/c1-25(2)24(34)31-21-20(37-25)10-15(12-26-21)17-13-33-23(27-14-28-33)22(30-17)29-16-4-5-18(19(11-16)35-3)32-6-8-36-9-7-32/h4-5,10-14H,6-9H2,1-3H3,(H,29,30)(H,26,31,34). The van der Waals surface area contributed by atoms with Gasteiger partial charge in [-0.05, 0) is 32.0 Å². The minimum Gasteiger partial charge on any atom is -0.495 e. The van der Waals surface area contributed by atoms with Gasteiger partial charge in [0.25, 0.3) is 5.91 Å². The normalized spacial score (nSPS) is 16.6. The van der Waals surface area contributed by atoms with Crippen LogP contribution in [0.4, 0.5) is 23.0 Å². The number of morpholine rings is 1. The second kappa shape index (κ2) is 8.89. The summed E-state index contributed by atoms with van der Waals surface area (Å²) in [4.78, 5) is 28.0. The number of benzene rings is 1. The summed E-state index contributed by atoms with van der Waals surface area (Å²) in [6.07, 6.45) is 4.88. The summed E-state index contributed by atoms with van der Waals surface area (Å²) >= 11 is 0. The fourth-order valence-electron chi connectivity index (χ4n) is 4.35. The van der Waals surface area contributed by atoms with Crippen LogP contribution >= 0.6 is 0 Å². The summed E-state index contributed by atoms with van der Waals surface area (Å²) in [5, 5.41) is 10.5. The number of anilines is 4. The van der Waals surface area contributed by atoms with Crippen LogP contribution in [0.5, 0.6) is 11.5 Å². The van der Waals surface area contributed by atoms with Gasteiger partial charge in [-0.1, -0.05) is 0 Å². The number of carbonyl (C=O) groups is 1. The molecule has 190 valence electrons. The maximum Gasteiger partial charge on any atom is 0.269 e. The zero-order chi connectivity index (χ0) is 25.6. The Morgan fingerprint density at radius 2 is 2.00 bits per heavy atom. The average Bonchev–Trinajstić information content (AvgIpc) is 3.38. The number of pyridine rings is 1. The number of amides is 1. The lowest BCUT2D eigenvalue weighted by atomic mass is 10.1. The van der Waals surface area contributed by atoms with Gasteiger partial charge in [0.15, 0.2) is 28.6 Å². The highest BCUT2D eigenvalue weighted by atomic mass is 16.5. The lowest BCUT2D eigenvalue weighted by Gasteiger charge is -2.30. The third-order valence-corrected chi connectivity index (χ3v) is 6.35. The SMILES string of the molecule is COc1cc(Nc2nc(-c3cnc4c(c3)OC(C)(C)C(=O)N4)cn3ncnc23)ccc1N1CCOCC1. The van der Waals surface area contributed by atoms with Crippen LogP contribution in [0.3, 0.4) is 0 Å². The van der Waals surface area contributed by atoms with E-state index >= 15 is 0 Å². The summed E-state index contributed by atoms with van der Waals surface area (Å²) in [6.45, 7) is 6.42. The molecule has 4 aromatic rings. The lowest BCUT2D eigenvalue weighted by molar-refractivity contribution is -0.129. The molecule has 3 aromatic heterocycles. The first-order chi connectivity index (χ1) is 17.9. The third-order valence-electron chi connectivity index (χ3n) is 6.35. The van der Waals surface area contributed by atoms with Gasteiger partial charge in [0.1, 0.15) is 12.1 Å². The molecule has 1 amide bonds. The van der Waals surface area contributed by atoms with Crippen molar-refractivity contribution in [3.05, 3.63) is 43.0 Å². The van der Waals surface area contributed by atoms with Crippen LogP contribution in [-0.2, 0) is 9.53 Å². The van der Waals surface area contributed by atoms with Gasteiger partial charge in [0, 0.05) is 36.6 Å². The number of fused-ring (bicyclic) bond motifs is 2. The van der Waals surface area contributed by atoms with Crippen LogP contribution < -0.4 is 25.0 Å². The van der Waals surface area contributed by atoms with E-state index in [1.165, 1.54) is 6.33 Å². The molecule has 2 aliphatic heterocycles. The van der Waals surface area contributed by atoms with Crippen molar-refractivity contribution in [3.63, 3.8) is 0 Å². The van der Waals surface area contributed by atoms with Crippen molar-refractivity contribution in [2.24, 2.45) is 0 Å².